The number of fused-ring (bicyclic) bond motifs is 2. The zero-order chi connectivity index (χ0) is 26.5. The molecule has 3 N–H and O–H groups in total. The normalized spacial score (nSPS) is 18.2. The summed E-state index contributed by atoms with van der Waals surface area (Å²) in [7, 11) is 4.06. The van der Waals surface area contributed by atoms with Crippen LogP contribution in [0.5, 0.6) is 5.75 Å². The number of nitrogens with zero attached hydrogens (tertiary/aromatic N) is 4. The first kappa shape index (κ1) is 25.7. The third-order valence-electron chi connectivity index (χ3n) is 6.71. The van der Waals surface area contributed by atoms with E-state index >= 15 is 0 Å². The molecule has 3 aromatic rings. The van der Waals surface area contributed by atoms with E-state index in [0.717, 1.165) is 59.5 Å². The number of carbonyl (C=O) groups is 1. The zero-order valence-electron chi connectivity index (χ0n) is 22.2. The van der Waals surface area contributed by atoms with Gasteiger partial charge in [-0.3, -0.25) is 10.2 Å². The SMILES string of the molecule is CCCC(=O)Nc1cccc(-c2nc(NC3CC=C4NN=CC4C3)c3cc(OCCN(C)C)ccc3n2)c1. The van der Waals surface area contributed by atoms with E-state index in [1.54, 1.807) is 0 Å². The van der Waals surface area contributed by atoms with E-state index in [4.69, 9.17) is 14.7 Å². The van der Waals surface area contributed by atoms with E-state index in [1.165, 1.54) is 5.70 Å². The Balaban J connectivity index is 1.47. The summed E-state index contributed by atoms with van der Waals surface area (Å²) in [5.74, 6) is 2.46. The number of hydrogen-bond acceptors (Lipinski definition) is 8. The van der Waals surface area contributed by atoms with Gasteiger partial charge in [-0.15, -0.1) is 0 Å². The van der Waals surface area contributed by atoms with Gasteiger partial charge >= 0.3 is 0 Å². The van der Waals surface area contributed by atoms with Crippen LogP contribution < -0.4 is 20.8 Å². The van der Waals surface area contributed by atoms with Crippen molar-refractivity contribution in [3.63, 3.8) is 0 Å². The molecular weight excluding hydrogens is 478 g/mol. The van der Waals surface area contributed by atoms with Gasteiger partial charge in [-0.05, 0) is 63.7 Å². The van der Waals surface area contributed by atoms with Gasteiger partial charge in [0.2, 0.25) is 5.91 Å². The zero-order valence-corrected chi connectivity index (χ0v) is 22.2. The summed E-state index contributed by atoms with van der Waals surface area (Å²) in [6.07, 6.45) is 7.28. The summed E-state index contributed by atoms with van der Waals surface area (Å²) in [5, 5.41) is 11.8. The summed E-state index contributed by atoms with van der Waals surface area (Å²) in [6.45, 7) is 3.42. The third kappa shape index (κ3) is 6.11. The lowest BCUT2D eigenvalue weighted by atomic mass is 9.90. The van der Waals surface area contributed by atoms with Gasteiger partial charge in [0.25, 0.3) is 0 Å². The molecule has 2 aromatic carbocycles. The number of nitrogens with one attached hydrogen (secondary N) is 3. The summed E-state index contributed by atoms with van der Waals surface area (Å²) < 4.78 is 6.01. The van der Waals surface area contributed by atoms with Crippen LogP contribution in [0.3, 0.4) is 0 Å². The van der Waals surface area contributed by atoms with E-state index in [9.17, 15) is 4.79 Å². The van der Waals surface area contributed by atoms with E-state index < -0.39 is 0 Å². The maximum Gasteiger partial charge on any atom is 0.224 e. The number of anilines is 2. The van der Waals surface area contributed by atoms with Crippen LogP contribution in [0.25, 0.3) is 22.3 Å². The summed E-state index contributed by atoms with van der Waals surface area (Å²) in [6, 6.07) is 13.9. The number of amides is 1. The Bertz CT molecular complexity index is 1370. The molecule has 1 aromatic heterocycles. The van der Waals surface area contributed by atoms with Crippen molar-refractivity contribution in [3.05, 3.63) is 54.2 Å². The number of likely N-dealkylation sites (N-methyl/N-ethyl adjacent to an activating group) is 1. The quantitative estimate of drug-likeness (QED) is 0.363. The highest BCUT2D eigenvalue weighted by Crippen LogP contribution is 2.32. The Labute approximate surface area is 223 Å². The van der Waals surface area contributed by atoms with Crippen LogP contribution in [-0.2, 0) is 4.79 Å². The standard InChI is InChI=1S/C29H35N7O2/c1-4-6-27(37)31-21-8-5-7-19(15-21)28-33-26-12-10-23(38-14-13-36(2)3)17-24(26)29(34-28)32-22-9-11-25-20(16-22)18-30-35-25/h5,7-8,10-12,15,17-18,20,22,35H,4,6,9,13-14,16H2,1-3H3,(H,31,37)(H,32,33,34). The minimum Gasteiger partial charge on any atom is -0.492 e. The number of benzene rings is 2. The van der Waals surface area contributed by atoms with Crippen LogP contribution in [0.4, 0.5) is 11.5 Å². The molecule has 9 nitrogen and oxygen atoms in total. The molecule has 2 atom stereocenters. The van der Waals surface area contributed by atoms with Gasteiger partial charge < -0.3 is 20.3 Å². The Hall–Kier alpha value is -3.98. The first-order chi connectivity index (χ1) is 18.5. The summed E-state index contributed by atoms with van der Waals surface area (Å²) in [5.41, 5.74) is 6.67. The minimum atomic E-state index is 0.00268. The lowest BCUT2D eigenvalue weighted by Gasteiger charge is -2.26. The highest BCUT2D eigenvalue weighted by Gasteiger charge is 2.26. The first-order valence-electron chi connectivity index (χ1n) is 13.2. The third-order valence-corrected chi connectivity index (χ3v) is 6.71. The minimum absolute atomic E-state index is 0.00268. The highest BCUT2D eigenvalue weighted by atomic mass is 16.5. The van der Waals surface area contributed by atoms with Gasteiger partial charge in [-0.1, -0.05) is 25.1 Å². The fourth-order valence-electron chi connectivity index (χ4n) is 4.70. The second-order valence-electron chi connectivity index (χ2n) is 10.1. The van der Waals surface area contributed by atoms with Gasteiger partial charge in [0.1, 0.15) is 18.2 Å². The fourth-order valence-corrected chi connectivity index (χ4v) is 4.70. The lowest BCUT2D eigenvalue weighted by Crippen LogP contribution is -2.28. The predicted molar refractivity (Wildman–Crippen MR) is 152 cm³/mol. The van der Waals surface area contributed by atoms with Crippen molar-refractivity contribution in [2.75, 3.05) is 37.9 Å². The molecule has 2 aliphatic rings. The van der Waals surface area contributed by atoms with Gasteiger partial charge in [0, 0.05) is 53.5 Å². The Morgan fingerprint density at radius 2 is 2.08 bits per heavy atom. The number of carbonyl (C=O) groups excluding carboxylic acids is 1. The van der Waals surface area contributed by atoms with Gasteiger partial charge in [0.15, 0.2) is 5.82 Å². The smallest absolute Gasteiger partial charge is 0.224 e. The van der Waals surface area contributed by atoms with Crippen LogP contribution in [0.1, 0.15) is 32.6 Å². The molecule has 1 aliphatic carbocycles. The first-order valence-corrected chi connectivity index (χ1v) is 13.2. The molecule has 198 valence electrons. The fraction of sp³-hybridized carbons (Fsp3) is 0.379. The number of hydrazone groups is 1. The molecular formula is C29H35N7O2. The molecule has 9 heteroatoms. The topological polar surface area (TPSA) is 104 Å². The van der Waals surface area contributed by atoms with Gasteiger partial charge in [-0.2, -0.15) is 5.10 Å². The molecule has 38 heavy (non-hydrogen) atoms. The highest BCUT2D eigenvalue weighted by molar-refractivity contribution is 5.93. The van der Waals surface area contributed by atoms with Crippen molar-refractivity contribution in [2.24, 2.45) is 11.0 Å². The van der Waals surface area contributed by atoms with Crippen molar-refractivity contribution in [1.29, 1.82) is 0 Å². The average molecular weight is 514 g/mol. The van der Waals surface area contributed by atoms with Crippen molar-refractivity contribution >= 4 is 34.5 Å². The lowest BCUT2D eigenvalue weighted by molar-refractivity contribution is -0.116. The number of allylic oxidation sites excluding steroid dienone is 1. The van der Waals surface area contributed by atoms with Crippen molar-refractivity contribution < 1.29 is 9.53 Å². The Morgan fingerprint density at radius 3 is 2.92 bits per heavy atom. The predicted octanol–water partition coefficient (Wildman–Crippen LogP) is 4.64. The number of ether oxygens (including phenoxy) is 1. The maximum atomic E-state index is 12.1. The van der Waals surface area contributed by atoms with Crippen molar-refractivity contribution in [1.82, 2.24) is 20.3 Å². The van der Waals surface area contributed by atoms with Gasteiger partial charge in [0.05, 0.1) is 5.52 Å². The molecule has 2 heterocycles. The molecule has 5 rings (SSSR count). The molecule has 0 spiro atoms. The Morgan fingerprint density at radius 1 is 1.18 bits per heavy atom. The van der Waals surface area contributed by atoms with E-state index in [1.807, 2.05) is 69.7 Å². The van der Waals surface area contributed by atoms with Crippen LogP contribution in [0, 0.1) is 5.92 Å². The van der Waals surface area contributed by atoms with E-state index in [-0.39, 0.29) is 11.9 Å². The van der Waals surface area contributed by atoms with Gasteiger partial charge in [-0.25, -0.2) is 9.97 Å². The molecule has 1 amide bonds. The molecule has 0 saturated heterocycles. The van der Waals surface area contributed by atoms with Crippen molar-refractivity contribution in [3.8, 4) is 17.1 Å². The van der Waals surface area contributed by atoms with Crippen LogP contribution in [0.2, 0.25) is 0 Å². The van der Waals surface area contributed by atoms with Crippen LogP contribution in [0.15, 0.2) is 59.3 Å². The largest absolute Gasteiger partial charge is 0.492 e. The van der Waals surface area contributed by atoms with Crippen LogP contribution >= 0.6 is 0 Å². The molecule has 2 unspecified atom stereocenters. The average Bonchev–Trinajstić information content (AvgIpc) is 3.37. The summed E-state index contributed by atoms with van der Waals surface area (Å²) >= 11 is 0. The molecule has 0 fully saturated rings. The number of hydrogen-bond donors (Lipinski definition) is 3. The monoisotopic (exact) mass is 513 g/mol. The number of aromatic nitrogens is 2. The molecule has 1 aliphatic heterocycles. The van der Waals surface area contributed by atoms with E-state index in [0.29, 0.717) is 24.8 Å². The van der Waals surface area contributed by atoms with E-state index in [2.05, 4.69) is 32.1 Å². The second kappa shape index (κ2) is 11.6. The molecule has 0 saturated carbocycles. The maximum absolute atomic E-state index is 12.1. The Kier molecular flexibility index (Phi) is 7.83. The molecule has 0 radical (unpaired) electrons. The van der Waals surface area contributed by atoms with Crippen molar-refractivity contribution in [2.45, 2.75) is 38.6 Å². The molecule has 0 bridgehead atoms. The summed E-state index contributed by atoms with van der Waals surface area (Å²) in [4.78, 5) is 24.1. The van der Waals surface area contributed by atoms with Crippen LogP contribution in [-0.4, -0.2) is 60.3 Å². The number of rotatable bonds is 10. The second-order valence-corrected chi connectivity index (χ2v) is 10.1.